The lowest BCUT2D eigenvalue weighted by molar-refractivity contribution is 0.0680. The van der Waals surface area contributed by atoms with Crippen LogP contribution in [0.25, 0.3) is 0 Å². The molecule has 2 heterocycles. The van der Waals surface area contributed by atoms with Gasteiger partial charge in [-0.2, -0.15) is 9.82 Å². The fraction of sp³-hybridized carbons (Fsp3) is 0.125. The first-order valence-electron chi connectivity index (χ1n) is 7.36. The molecule has 136 valence electrons. The van der Waals surface area contributed by atoms with E-state index in [4.69, 9.17) is 11.6 Å². The van der Waals surface area contributed by atoms with Gasteiger partial charge in [0.2, 0.25) is 10.0 Å². The van der Waals surface area contributed by atoms with E-state index in [9.17, 15) is 18.3 Å². The summed E-state index contributed by atoms with van der Waals surface area (Å²) in [4.78, 5) is 11.8. The molecule has 2 N–H and O–H groups in total. The minimum absolute atomic E-state index is 0.386. The number of nitrogens with zero attached hydrogens (tertiary/aromatic N) is 2. The highest BCUT2D eigenvalue weighted by molar-refractivity contribution is 7.89. The molecule has 7 nitrogen and oxygen atoms in total. The van der Waals surface area contributed by atoms with Crippen LogP contribution in [0.4, 0.5) is 0 Å². The van der Waals surface area contributed by atoms with Crippen LogP contribution in [-0.2, 0) is 17.1 Å². The number of benzene rings is 1. The molecule has 3 aromatic rings. The third kappa shape index (κ3) is 3.65. The Hall–Kier alpha value is -2.20. The molecule has 1 aromatic carbocycles. The number of carboxylic acids is 1. The van der Waals surface area contributed by atoms with Crippen molar-refractivity contribution < 1.29 is 18.3 Å². The molecule has 1 atom stereocenters. The maximum Gasteiger partial charge on any atom is 0.355 e. The zero-order valence-corrected chi connectivity index (χ0v) is 15.8. The van der Waals surface area contributed by atoms with E-state index in [-0.39, 0.29) is 4.90 Å². The maximum absolute atomic E-state index is 12.9. The Labute approximate surface area is 158 Å². The third-order valence-electron chi connectivity index (χ3n) is 3.70. The van der Waals surface area contributed by atoms with Crippen LogP contribution >= 0.6 is 22.9 Å². The minimum atomic E-state index is -4.14. The Morgan fingerprint density at radius 3 is 2.58 bits per heavy atom. The Morgan fingerprint density at radius 1 is 1.31 bits per heavy atom. The van der Waals surface area contributed by atoms with Crippen molar-refractivity contribution in [3.63, 3.8) is 0 Å². The van der Waals surface area contributed by atoms with Crippen molar-refractivity contribution in [2.45, 2.75) is 10.9 Å². The zero-order chi connectivity index (χ0) is 18.9. The second-order valence-electron chi connectivity index (χ2n) is 5.41. The highest BCUT2D eigenvalue weighted by atomic mass is 35.5. The summed E-state index contributed by atoms with van der Waals surface area (Å²) in [5, 5.41) is 15.4. The minimum Gasteiger partial charge on any atom is -0.476 e. The smallest absolute Gasteiger partial charge is 0.355 e. The van der Waals surface area contributed by atoms with Gasteiger partial charge in [0.1, 0.15) is 4.90 Å². The molecule has 0 aliphatic heterocycles. The van der Waals surface area contributed by atoms with E-state index in [0.717, 1.165) is 15.8 Å². The number of aromatic carboxylic acids is 1. The summed E-state index contributed by atoms with van der Waals surface area (Å²) >= 11 is 7.30. The lowest BCUT2D eigenvalue weighted by atomic mass is 10.1. The predicted molar refractivity (Wildman–Crippen MR) is 98.1 cm³/mol. The van der Waals surface area contributed by atoms with Crippen molar-refractivity contribution >= 4 is 38.9 Å². The van der Waals surface area contributed by atoms with Gasteiger partial charge in [-0.1, -0.05) is 29.8 Å². The van der Waals surface area contributed by atoms with Crippen LogP contribution in [0, 0.1) is 0 Å². The highest BCUT2D eigenvalue weighted by Gasteiger charge is 2.30. The van der Waals surface area contributed by atoms with Gasteiger partial charge < -0.3 is 5.11 Å². The SMILES string of the molecule is Cn1ncc(S(=O)(=O)NC(c2ccc(Cl)cc2)c2cccs2)c1C(=O)O. The van der Waals surface area contributed by atoms with Crippen molar-refractivity contribution in [2.24, 2.45) is 7.05 Å². The number of aryl methyl sites for hydroxylation is 1. The molecule has 3 rings (SSSR count). The summed E-state index contributed by atoms with van der Waals surface area (Å²) in [7, 11) is -2.77. The number of carboxylic acid groups (broad SMARTS) is 1. The van der Waals surface area contributed by atoms with E-state index < -0.39 is 27.7 Å². The van der Waals surface area contributed by atoms with Crippen LogP contribution < -0.4 is 4.72 Å². The first kappa shape index (κ1) is 18.6. The van der Waals surface area contributed by atoms with Crippen molar-refractivity contribution in [1.82, 2.24) is 14.5 Å². The van der Waals surface area contributed by atoms with Gasteiger partial charge in [0.25, 0.3) is 0 Å². The summed E-state index contributed by atoms with van der Waals surface area (Å²) in [6.45, 7) is 0. The number of nitrogens with one attached hydrogen (secondary N) is 1. The Kier molecular flexibility index (Phi) is 5.15. The Morgan fingerprint density at radius 2 is 2.00 bits per heavy atom. The van der Waals surface area contributed by atoms with E-state index >= 15 is 0 Å². The number of rotatable bonds is 6. The number of aromatic nitrogens is 2. The fourth-order valence-corrected chi connectivity index (χ4v) is 4.84. The van der Waals surface area contributed by atoms with Gasteiger partial charge >= 0.3 is 5.97 Å². The zero-order valence-electron chi connectivity index (χ0n) is 13.5. The molecule has 0 fully saturated rings. The number of halogens is 1. The highest BCUT2D eigenvalue weighted by Crippen LogP contribution is 2.29. The maximum atomic E-state index is 12.9. The molecular weight excluding hydrogens is 398 g/mol. The van der Waals surface area contributed by atoms with Crippen LogP contribution in [0.5, 0.6) is 0 Å². The molecule has 0 spiro atoms. The van der Waals surface area contributed by atoms with E-state index in [1.165, 1.54) is 18.4 Å². The predicted octanol–water partition coefficient (Wildman–Crippen LogP) is 2.90. The lowest BCUT2D eigenvalue weighted by Gasteiger charge is -2.18. The molecule has 0 amide bonds. The molecule has 26 heavy (non-hydrogen) atoms. The molecule has 0 saturated carbocycles. The third-order valence-corrected chi connectivity index (χ3v) is 6.31. The second kappa shape index (κ2) is 7.20. The molecule has 1 unspecified atom stereocenters. The summed E-state index contributed by atoms with van der Waals surface area (Å²) < 4.78 is 29.3. The summed E-state index contributed by atoms with van der Waals surface area (Å²) in [6.07, 6.45) is 1.03. The lowest BCUT2D eigenvalue weighted by Crippen LogP contribution is -2.30. The normalized spacial score (nSPS) is 12.8. The quantitative estimate of drug-likeness (QED) is 0.649. The van der Waals surface area contributed by atoms with Gasteiger partial charge in [-0.05, 0) is 29.1 Å². The first-order chi connectivity index (χ1) is 12.3. The fourth-order valence-electron chi connectivity index (χ4n) is 2.48. The average Bonchev–Trinajstić information content (AvgIpc) is 3.23. The number of hydrogen-bond donors (Lipinski definition) is 2. The molecule has 10 heteroatoms. The molecule has 0 radical (unpaired) electrons. The van der Waals surface area contributed by atoms with E-state index in [2.05, 4.69) is 9.82 Å². The Bertz CT molecular complexity index is 1030. The van der Waals surface area contributed by atoms with Crippen LogP contribution in [0.2, 0.25) is 5.02 Å². The summed E-state index contributed by atoms with van der Waals surface area (Å²) in [5.41, 5.74) is 0.278. The van der Waals surface area contributed by atoms with E-state index in [1.54, 1.807) is 30.3 Å². The van der Waals surface area contributed by atoms with Crippen molar-refractivity contribution in [1.29, 1.82) is 0 Å². The van der Waals surface area contributed by atoms with Crippen molar-refractivity contribution in [2.75, 3.05) is 0 Å². The molecule has 0 saturated heterocycles. The number of thiophene rings is 1. The summed E-state index contributed by atoms with van der Waals surface area (Å²) in [6, 6.07) is 9.70. The largest absolute Gasteiger partial charge is 0.476 e. The van der Waals surface area contributed by atoms with Gasteiger partial charge in [-0.25, -0.2) is 13.2 Å². The first-order valence-corrected chi connectivity index (χ1v) is 10.1. The monoisotopic (exact) mass is 411 g/mol. The average molecular weight is 412 g/mol. The van der Waals surface area contributed by atoms with Crippen LogP contribution in [0.3, 0.4) is 0 Å². The van der Waals surface area contributed by atoms with Crippen LogP contribution in [-0.4, -0.2) is 29.3 Å². The topological polar surface area (TPSA) is 101 Å². The molecular formula is C16H14ClN3O4S2. The molecule has 0 aliphatic rings. The van der Waals surface area contributed by atoms with Crippen molar-refractivity contribution in [3.8, 4) is 0 Å². The van der Waals surface area contributed by atoms with Gasteiger partial charge in [-0.3, -0.25) is 4.68 Å². The standard InChI is InChI=1S/C16H14ClN3O4S2/c1-20-15(16(21)22)13(9-18-20)26(23,24)19-14(12-3-2-8-25-12)10-4-6-11(17)7-5-10/h2-9,14,19H,1H3,(H,21,22). The number of hydrogen-bond acceptors (Lipinski definition) is 5. The van der Waals surface area contributed by atoms with Gasteiger partial charge in [0.05, 0.1) is 12.2 Å². The van der Waals surface area contributed by atoms with E-state index in [0.29, 0.717) is 10.6 Å². The van der Waals surface area contributed by atoms with Crippen LogP contribution in [0.15, 0.2) is 52.9 Å². The number of sulfonamides is 1. The van der Waals surface area contributed by atoms with E-state index in [1.807, 2.05) is 11.4 Å². The van der Waals surface area contributed by atoms with Gasteiger partial charge in [-0.15, -0.1) is 11.3 Å². The molecule has 2 aromatic heterocycles. The van der Waals surface area contributed by atoms with Gasteiger partial charge in [0.15, 0.2) is 5.69 Å². The van der Waals surface area contributed by atoms with Crippen molar-refractivity contribution in [3.05, 3.63) is 69.1 Å². The van der Waals surface area contributed by atoms with Gasteiger partial charge in [0, 0.05) is 16.9 Å². The van der Waals surface area contributed by atoms with Crippen LogP contribution in [0.1, 0.15) is 27.0 Å². The Balaban J connectivity index is 2.04. The second-order valence-corrected chi connectivity index (χ2v) is 8.51. The summed E-state index contributed by atoms with van der Waals surface area (Å²) in [5.74, 6) is -1.37. The molecule has 0 bridgehead atoms. The molecule has 0 aliphatic carbocycles. The number of carbonyl (C=O) groups is 1.